The minimum atomic E-state index is -1.46. The van der Waals surface area contributed by atoms with Crippen molar-refractivity contribution in [3.05, 3.63) is 107 Å². The van der Waals surface area contributed by atoms with Crippen molar-refractivity contribution < 1.29 is 14.6 Å². The van der Waals surface area contributed by atoms with Crippen molar-refractivity contribution >= 4 is 29.0 Å². The number of piperidine rings is 1. The Balaban J connectivity index is 1.32. The number of rotatable bonds is 5. The number of carbonyl (C=O) groups excluding carboxylic acids is 1. The topological polar surface area (TPSA) is 53.0 Å². The van der Waals surface area contributed by atoms with Gasteiger partial charge in [-0.15, -0.1) is 0 Å². The number of hydrogen-bond acceptors (Lipinski definition) is 4. The van der Waals surface area contributed by atoms with Crippen LogP contribution in [-0.2, 0) is 4.74 Å². The Bertz CT molecular complexity index is 1160. The molecule has 1 unspecified atom stereocenters. The number of amides is 1. The molecule has 0 aliphatic carbocycles. The first-order valence-corrected chi connectivity index (χ1v) is 12.3. The van der Waals surface area contributed by atoms with Crippen LogP contribution in [0.1, 0.15) is 30.9 Å². The summed E-state index contributed by atoms with van der Waals surface area (Å²) in [6.45, 7) is 3.87. The van der Waals surface area contributed by atoms with Gasteiger partial charge in [-0.2, -0.15) is 0 Å². The van der Waals surface area contributed by atoms with E-state index in [2.05, 4.69) is 59.5 Å². The number of ether oxygens (including phenoxy) is 1. The van der Waals surface area contributed by atoms with Crippen LogP contribution < -0.4 is 4.90 Å². The Morgan fingerprint density at radius 1 is 0.943 bits per heavy atom. The van der Waals surface area contributed by atoms with Crippen LogP contribution >= 0.6 is 11.6 Å². The average molecular weight is 489 g/mol. The number of anilines is 1. The molecule has 2 fully saturated rings. The van der Waals surface area contributed by atoms with Crippen LogP contribution in [0, 0.1) is 0 Å². The highest BCUT2D eigenvalue weighted by Crippen LogP contribution is 2.46. The lowest BCUT2D eigenvalue weighted by molar-refractivity contribution is -0.124. The van der Waals surface area contributed by atoms with Crippen molar-refractivity contribution in [1.82, 2.24) is 4.90 Å². The Labute approximate surface area is 211 Å². The third-order valence-electron chi connectivity index (χ3n) is 7.24. The molecule has 0 radical (unpaired) electrons. The van der Waals surface area contributed by atoms with Gasteiger partial charge in [-0.3, -0.25) is 4.90 Å². The quantitative estimate of drug-likeness (QED) is 0.480. The summed E-state index contributed by atoms with van der Waals surface area (Å²) in [5, 5.41) is 12.1. The highest BCUT2D eigenvalue weighted by atomic mass is 35.5. The van der Waals surface area contributed by atoms with E-state index < -0.39 is 17.4 Å². The molecule has 1 N–H and O–H groups in total. The van der Waals surface area contributed by atoms with E-state index >= 15 is 0 Å². The number of benzene rings is 3. The van der Waals surface area contributed by atoms with Gasteiger partial charge in [0.25, 0.3) is 0 Å². The van der Waals surface area contributed by atoms with Crippen LogP contribution in [0.25, 0.3) is 5.57 Å². The second kappa shape index (κ2) is 9.50. The molecule has 5 rings (SSSR count). The smallest absolute Gasteiger partial charge is 0.417 e. The number of hydrogen-bond donors (Lipinski definition) is 1. The highest BCUT2D eigenvalue weighted by Gasteiger charge is 2.63. The van der Waals surface area contributed by atoms with Crippen LogP contribution in [0.4, 0.5) is 10.5 Å². The second-order valence-electron chi connectivity index (χ2n) is 9.35. The summed E-state index contributed by atoms with van der Waals surface area (Å²) in [5.41, 5.74) is 1.71. The van der Waals surface area contributed by atoms with Gasteiger partial charge in [0.2, 0.25) is 0 Å². The maximum atomic E-state index is 12.8. The molecule has 0 saturated carbocycles. The molecule has 35 heavy (non-hydrogen) atoms. The van der Waals surface area contributed by atoms with Crippen molar-refractivity contribution in [3.8, 4) is 0 Å². The summed E-state index contributed by atoms with van der Waals surface area (Å²) in [5.74, 6) is 0. The van der Waals surface area contributed by atoms with Gasteiger partial charge in [0, 0.05) is 37.5 Å². The normalized spacial score (nSPS) is 21.7. The van der Waals surface area contributed by atoms with Crippen molar-refractivity contribution in [3.63, 3.8) is 0 Å². The molecule has 2 saturated heterocycles. The average Bonchev–Trinajstić information content (AvgIpc) is 3.06. The largest absolute Gasteiger partial charge is 0.437 e. The monoisotopic (exact) mass is 488 g/mol. The molecule has 6 heteroatoms. The first-order valence-electron chi connectivity index (χ1n) is 11.9. The summed E-state index contributed by atoms with van der Waals surface area (Å²) >= 11 is 6.01. The molecule has 2 heterocycles. The molecule has 0 aromatic heterocycles. The first kappa shape index (κ1) is 23.6. The molecule has 5 nitrogen and oxygen atoms in total. The van der Waals surface area contributed by atoms with E-state index in [4.69, 9.17) is 16.3 Å². The molecule has 180 valence electrons. The van der Waals surface area contributed by atoms with Gasteiger partial charge in [0.15, 0.2) is 11.3 Å². The Morgan fingerprint density at radius 2 is 1.49 bits per heavy atom. The summed E-state index contributed by atoms with van der Waals surface area (Å²) in [6.07, 6.45) is 2.84. The zero-order valence-electron chi connectivity index (χ0n) is 19.7. The predicted molar refractivity (Wildman–Crippen MR) is 139 cm³/mol. The van der Waals surface area contributed by atoms with E-state index in [-0.39, 0.29) is 0 Å². The predicted octanol–water partition coefficient (Wildman–Crippen LogP) is 5.97. The maximum absolute atomic E-state index is 12.8. The van der Waals surface area contributed by atoms with Crippen LogP contribution in [0.3, 0.4) is 0 Å². The van der Waals surface area contributed by atoms with Crippen molar-refractivity contribution in [2.75, 3.05) is 24.5 Å². The third-order valence-corrected chi connectivity index (χ3v) is 7.49. The molecule has 0 bridgehead atoms. The van der Waals surface area contributed by atoms with Crippen molar-refractivity contribution in [2.24, 2.45) is 0 Å². The number of nitrogens with zero attached hydrogens (tertiary/aromatic N) is 2. The van der Waals surface area contributed by atoms with Crippen molar-refractivity contribution in [1.29, 1.82) is 0 Å². The van der Waals surface area contributed by atoms with E-state index in [0.717, 1.165) is 6.54 Å². The van der Waals surface area contributed by atoms with E-state index in [1.807, 2.05) is 12.1 Å². The standard InChI is InChI=1S/C29H29ClN2O3/c1-28(34)29(35-27(33)32(28)25-14-12-24(30)13-15-25)17-20-31(21-18-29)19-16-26(22-8-4-2-5-9-22)23-10-6-3-7-11-23/h2-16,34H,17-21H2,1H3. The number of likely N-dealkylation sites (tertiary alicyclic amines) is 1. The summed E-state index contributed by atoms with van der Waals surface area (Å²) in [4.78, 5) is 16.5. The zero-order chi connectivity index (χ0) is 24.5. The fourth-order valence-electron chi connectivity index (χ4n) is 5.17. The molecule has 2 aliphatic heterocycles. The van der Waals surface area contributed by atoms with Gasteiger partial charge in [0.1, 0.15) is 0 Å². The van der Waals surface area contributed by atoms with E-state index in [1.54, 1.807) is 31.2 Å². The SMILES string of the molecule is CC1(O)N(c2ccc(Cl)cc2)C(=O)OC12CCN(CC=C(c1ccccc1)c1ccccc1)CC2. The molecule has 1 spiro atoms. The van der Waals surface area contributed by atoms with Crippen LogP contribution in [0.2, 0.25) is 5.02 Å². The lowest BCUT2D eigenvalue weighted by Gasteiger charge is -2.44. The molecular formula is C29H29ClN2O3. The fourth-order valence-corrected chi connectivity index (χ4v) is 5.29. The van der Waals surface area contributed by atoms with Gasteiger partial charge in [0.05, 0.1) is 5.69 Å². The summed E-state index contributed by atoms with van der Waals surface area (Å²) < 4.78 is 5.88. The lowest BCUT2D eigenvalue weighted by Crippen LogP contribution is -2.60. The lowest BCUT2D eigenvalue weighted by atomic mass is 9.81. The molecule has 1 atom stereocenters. The Kier molecular flexibility index (Phi) is 6.41. The van der Waals surface area contributed by atoms with Crippen LogP contribution in [0.15, 0.2) is 91.0 Å². The summed E-state index contributed by atoms with van der Waals surface area (Å²) in [7, 11) is 0. The minimum Gasteiger partial charge on any atom is -0.437 e. The number of halogens is 1. The minimum absolute atomic E-state index is 0.527. The maximum Gasteiger partial charge on any atom is 0.417 e. The van der Waals surface area contributed by atoms with E-state index in [9.17, 15) is 9.90 Å². The molecule has 1 amide bonds. The van der Waals surface area contributed by atoms with E-state index in [1.165, 1.54) is 21.6 Å². The van der Waals surface area contributed by atoms with Crippen molar-refractivity contribution in [2.45, 2.75) is 31.1 Å². The number of aliphatic hydroxyl groups is 1. The van der Waals surface area contributed by atoms with Gasteiger partial charge >= 0.3 is 6.09 Å². The van der Waals surface area contributed by atoms with Gasteiger partial charge in [-0.05, 0) is 47.9 Å². The zero-order valence-corrected chi connectivity index (χ0v) is 20.5. The van der Waals surface area contributed by atoms with Crippen LogP contribution in [0.5, 0.6) is 0 Å². The Morgan fingerprint density at radius 3 is 2.03 bits per heavy atom. The first-order chi connectivity index (χ1) is 16.9. The molecule has 2 aliphatic rings. The fraction of sp³-hybridized carbons (Fsp3) is 0.276. The van der Waals surface area contributed by atoms with Gasteiger partial charge < -0.3 is 9.84 Å². The Hall–Kier alpha value is -3.12. The highest BCUT2D eigenvalue weighted by molar-refractivity contribution is 6.30. The molecular weight excluding hydrogens is 460 g/mol. The van der Waals surface area contributed by atoms with Gasteiger partial charge in [-0.1, -0.05) is 78.3 Å². The second-order valence-corrected chi connectivity index (χ2v) is 9.78. The molecule has 3 aromatic carbocycles. The van der Waals surface area contributed by atoms with E-state index in [0.29, 0.717) is 36.6 Å². The summed E-state index contributed by atoms with van der Waals surface area (Å²) in [6, 6.07) is 27.7. The number of carbonyl (C=O) groups is 1. The van der Waals surface area contributed by atoms with Crippen LogP contribution in [-0.4, -0.2) is 47.1 Å². The van der Waals surface area contributed by atoms with Gasteiger partial charge in [-0.25, -0.2) is 9.69 Å². The third kappa shape index (κ3) is 4.47. The molecule has 3 aromatic rings.